The third kappa shape index (κ3) is 2.97. The number of nitrogens with zero attached hydrogens (tertiary/aromatic N) is 1. The lowest BCUT2D eigenvalue weighted by Gasteiger charge is -2.19. The summed E-state index contributed by atoms with van der Waals surface area (Å²) < 4.78 is 39.4. The number of halogens is 1. The fraction of sp³-hybridized carbons (Fsp3) is 0.333. The van der Waals surface area contributed by atoms with Crippen molar-refractivity contribution < 1.29 is 26.6 Å². The summed E-state index contributed by atoms with van der Waals surface area (Å²) in [6, 6.07) is 4.12. The summed E-state index contributed by atoms with van der Waals surface area (Å²) >= 11 is 0. The van der Waals surface area contributed by atoms with Crippen molar-refractivity contribution in [2.24, 2.45) is 0 Å². The van der Waals surface area contributed by atoms with E-state index in [1.54, 1.807) is 0 Å². The van der Waals surface area contributed by atoms with Gasteiger partial charge in [0.15, 0.2) is 0 Å². The molecule has 7 nitrogen and oxygen atoms in total. The van der Waals surface area contributed by atoms with Gasteiger partial charge in [-0.2, -0.15) is 8.42 Å². The maximum Gasteiger partial charge on any atom is 0.337 e. The Bertz CT molecular complexity index is 704. The second-order valence-electron chi connectivity index (χ2n) is 4.57. The minimum absolute atomic E-state index is 0.154. The second kappa shape index (κ2) is 5.32. The molecule has 1 aliphatic heterocycles. The summed E-state index contributed by atoms with van der Waals surface area (Å²) in [7, 11) is -3.62. The van der Waals surface area contributed by atoms with Gasteiger partial charge in [0.05, 0.1) is 24.0 Å². The van der Waals surface area contributed by atoms with Crippen LogP contribution in [0.4, 0.5) is 15.3 Å². The van der Waals surface area contributed by atoms with Gasteiger partial charge in [-0.3, -0.25) is 4.79 Å². The highest BCUT2D eigenvalue weighted by Crippen LogP contribution is 2.31. The van der Waals surface area contributed by atoms with Crippen LogP contribution in [0.15, 0.2) is 18.2 Å². The number of ether oxygens (including phenoxy) is 1. The average Bonchev–Trinajstić information content (AvgIpc) is 2.80. The molecule has 1 atom stereocenters. The van der Waals surface area contributed by atoms with Crippen molar-refractivity contribution in [3.8, 4) is 0 Å². The molecular formula is C12H13FN2O5S. The highest BCUT2D eigenvalue weighted by Gasteiger charge is 2.39. The largest absolute Gasteiger partial charge is 0.465 e. The van der Waals surface area contributed by atoms with Crippen molar-refractivity contribution in [2.75, 3.05) is 24.3 Å². The SMILES string of the molecule is COC(=O)c1ccc(N)c(N2CC(S(=O)(=O)F)CC2=O)c1. The van der Waals surface area contributed by atoms with Crippen molar-refractivity contribution >= 4 is 33.5 Å². The smallest absolute Gasteiger partial charge is 0.337 e. The van der Waals surface area contributed by atoms with E-state index < -0.39 is 33.8 Å². The molecule has 1 unspecified atom stereocenters. The standard InChI is InChI=1S/C12H13FN2O5S/c1-20-12(17)7-2-3-9(14)10(4-7)15-6-8(5-11(15)16)21(13,18)19/h2-4,8H,5-6,14H2,1H3. The minimum atomic E-state index is -4.82. The van der Waals surface area contributed by atoms with Crippen molar-refractivity contribution in [3.63, 3.8) is 0 Å². The number of carbonyl (C=O) groups excluding carboxylic acids is 2. The molecule has 114 valence electrons. The van der Waals surface area contributed by atoms with E-state index in [1.807, 2.05) is 0 Å². The molecule has 0 bridgehead atoms. The van der Waals surface area contributed by atoms with E-state index in [4.69, 9.17) is 5.73 Å². The first-order valence-electron chi connectivity index (χ1n) is 5.95. The number of carbonyl (C=O) groups is 2. The quantitative estimate of drug-likeness (QED) is 0.493. The number of hydrogen-bond acceptors (Lipinski definition) is 6. The Balaban J connectivity index is 2.38. The molecule has 1 aliphatic rings. The molecule has 9 heteroatoms. The van der Waals surface area contributed by atoms with Crippen LogP contribution in [0.3, 0.4) is 0 Å². The van der Waals surface area contributed by atoms with Crippen molar-refractivity contribution in [1.29, 1.82) is 0 Å². The minimum Gasteiger partial charge on any atom is -0.465 e. The van der Waals surface area contributed by atoms with Crippen LogP contribution >= 0.6 is 0 Å². The molecule has 1 aromatic rings. The number of nitrogen functional groups attached to an aromatic ring is 1. The van der Waals surface area contributed by atoms with Gasteiger partial charge < -0.3 is 15.4 Å². The predicted octanol–water partition coefficient (Wildman–Crippen LogP) is 0.460. The van der Waals surface area contributed by atoms with E-state index in [9.17, 15) is 21.9 Å². The maximum absolute atomic E-state index is 13.0. The van der Waals surface area contributed by atoms with Crippen LogP contribution < -0.4 is 10.6 Å². The van der Waals surface area contributed by atoms with Gasteiger partial charge in [0, 0.05) is 13.0 Å². The third-order valence-electron chi connectivity index (χ3n) is 3.23. The lowest BCUT2D eigenvalue weighted by molar-refractivity contribution is -0.117. The zero-order valence-corrected chi connectivity index (χ0v) is 11.9. The van der Waals surface area contributed by atoms with E-state index >= 15 is 0 Å². The van der Waals surface area contributed by atoms with E-state index in [0.717, 1.165) is 4.90 Å². The van der Waals surface area contributed by atoms with Gasteiger partial charge in [-0.15, -0.1) is 3.89 Å². The van der Waals surface area contributed by atoms with Crippen molar-refractivity contribution in [3.05, 3.63) is 23.8 Å². The lowest BCUT2D eigenvalue weighted by Crippen LogP contribution is -2.28. The van der Waals surface area contributed by atoms with Crippen molar-refractivity contribution in [2.45, 2.75) is 11.7 Å². The van der Waals surface area contributed by atoms with Crippen LogP contribution in [-0.2, 0) is 19.8 Å². The fourth-order valence-corrected chi connectivity index (χ4v) is 2.79. The normalized spacial score (nSPS) is 18.9. The monoisotopic (exact) mass is 316 g/mol. The molecule has 21 heavy (non-hydrogen) atoms. The number of esters is 1. The van der Waals surface area contributed by atoms with Gasteiger partial charge in [-0.1, -0.05) is 0 Å². The number of benzene rings is 1. The van der Waals surface area contributed by atoms with E-state index in [0.29, 0.717) is 0 Å². The Morgan fingerprint density at radius 1 is 1.48 bits per heavy atom. The zero-order chi connectivity index (χ0) is 15.8. The first kappa shape index (κ1) is 15.2. The van der Waals surface area contributed by atoms with Gasteiger partial charge in [0.25, 0.3) is 0 Å². The molecule has 0 aliphatic carbocycles. The lowest BCUT2D eigenvalue weighted by atomic mass is 10.1. The third-order valence-corrected chi connectivity index (χ3v) is 4.34. The number of rotatable bonds is 3. The van der Waals surface area contributed by atoms with Crippen LogP contribution in [0.2, 0.25) is 0 Å². The summed E-state index contributed by atoms with van der Waals surface area (Å²) in [5.74, 6) is -1.20. The highest BCUT2D eigenvalue weighted by molar-refractivity contribution is 7.87. The molecule has 0 aromatic heterocycles. The molecule has 0 radical (unpaired) electrons. The van der Waals surface area contributed by atoms with Gasteiger partial charge >= 0.3 is 16.2 Å². The summed E-state index contributed by atoms with van der Waals surface area (Å²) in [5.41, 5.74) is 6.23. The van der Waals surface area contributed by atoms with Crippen LogP contribution in [0.25, 0.3) is 0 Å². The number of nitrogens with two attached hydrogens (primary N) is 1. The molecule has 1 fully saturated rings. The molecule has 2 rings (SSSR count). The molecule has 1 heterocycles. The Morgan fingerprint density at radius 3 is 2.67 bits per heavy atom. The van der Waals surface area contributed by atoms with Crippen LogP contribution in [-0.4, -0.2) is 39.2 Å². The van der Waals surface area contributed by atoms with E-state index in [2.05, 4.69) is 4.74 Å². The summed E-state index contributed by atoms with van der Waals surface area (Å²) in [4.78, 5) is 24.4. The number of amides is 1. The molecule has 1 amide bonds. The van der Waals surface area contributed by atoms with Gasteiger partial charge in [-0.25, -0.2) is 4.79 Å². The Hall–Kier alpha value is -2.16. The van der Waals surface area contributed by atoms with Crippen LogP contribution in [0.5, 0.6) is 0 Å². The Kier molecular flexibility index (Phi) is 3.86. The van der Waals surface area contributed by atoms with E-state index in [-0.39, 0.29) is 23.5 Å². The second-order valence-corrected chi connectivity index (χ2v) is 6.19. The van der Waals surface area contributed by atoms with Gasteiger partial charge in [0.2, 0.25) is 5.91 Å². The maximum atomic E-state index is 13.0. The number of methoxy groups -OCH3 is 1. The van der Waals surface area contributed by atoms with Crippen LogP contribution in [0, 0.1) is 0 Å². The first-order valence-corrected chi connectivity index (χ1v) is 7.40. The molecule has 1 saturated heterocycles. The highest BCUT2D eigenvalue weighted by atomic mass is 32.3. The average molecular weight is 316 g/mol. The van der Waals surface area contributed by atoms with Gasteiger partial charge in [0.1, 0.15) is 5.25 Å². The fourth-order valence-electron chi connectivity index (χ4n) is 2.12. The predicted molar refractivity (Wildman–Crippen MR) is 73.0 cm³/mol. The van der Waals surface area contributed by atoms with Crippen molar-refractivity contribution in [1.82, 2.24) is 0 Å². The molecule has 0 spiro atoms. The molecule has 1 aromatic carbocycles. The zero-order valence-electron chi connectivity index (χ0n) is 11.1. The molecule has 2 N–H and O–H groups in total. The summed E-state index contributed by atoms with van der Waals surface area (Å²) in [6.07, 6.45) is -0.458. The topological polar surface area (TPSA) is 107 Å². The Morgan fingerprint density at radius 2 is 2.14 bits per heavy atom. The summed E-state index contributed by atoms with van der Waals surface area (Å²) in [5, 5.41) is -1.42. The van der Waals surface area contributed by atoms with Gasteiger partial charge in [-0.05, 0) is 18.2 Å². The first-order chi connectivity index (χ1) is 9.74. The Labute approximate surface area is 120 Å². The number of anilines is 2. The van der Waals surface area contributed by atoms with E-state index in [1.165, 1.54) is 25.3 Å². The molecule has 0 saturated carbocycles. The summed E-state index contributed by atoms with van der Waals surface area (Å²) in [6.45, 7) is -0.341. The number of hydrogen-bond donors (Lipinski definition) is 1. The van der Waals surface area contributed by atoms with Crippen LogP contribution in [0.1, 0.15) is 16.8 Å². The molecular weight excluding hydrogens is 303 g/mol.